The van der Waals surface area contributed by atoms with Crippen molar-refractivity contribution in [3.05, 3.63) is 86.9 Å². The molecule has 3 aromatic rings. The van der Waals surface area contributed by atoms with Crippen molar-refractivity contribution >= 4 is 62.3 Å². The lowest BCUT2D eigenvalue weighted by Crippen LogP contribution is -2.51. The summed E-state index contributed by atoms with van der Waals surface area (Å²) < 4.78 is 34.4. The molecule has 0 bridgehead atoms. The fraction of sp³-hybridized carbons (Fsp3) is 0.310. The molecule has 0 spiro atoms. The molecular formula is C29H32Cl3N3O5S. The van der Waals surface area contributed by atoms with Crippen molar-refractivity contribution in [2.45, 2.75) is 44.7 Å². The van der Waals surface area contributed by atoms with E-state index in [0.29, 0.717) is 28.6 Å². The first-order chi connectivity index (χ1) is 19.4. The van der Waals surface area contributed by atoms with Crippen LogP contribution < -0.4 is 14.4 Å². The third kappa shape index (κ3) is 8.07. The van der Waals surface area contributed by atoms with Gasteiger partial charge in [0.15, 0.2) is 0 Å². The number of aryl methyl sites for hydroxylation is 1. The number of carbonyl (C=O) groups excluding carboxylic acids is 2. The van der Waals surface area contributed by atoms with Gasteiger partial charge in [0.05, 0.1) is 17.7 Å². The number of ether oxygens (including phenoxy) is 1. The SMILES string of the molecule is CCCNC(=O)C(C)N(Cc1ccc(Cl)cc1Cl)C(=O)CN(c1cc(Cl)ccc1OC)S(=O)(=O)c1ccc(C)cc1. The smallest absolute Gasteiger partial charge is 0.264 e. The van der Waals surface area contributed by atoms with Gasteiger partial charge >= 0.3 is 0 Å². The Morgan fingerprint density at radius 1 is 0.976 bits per heavy atom. The molecule has 3 rings (SSSR count). The number of sulfonamides is 1. The molecule has 220 valence electrons. The van der Waals surface area contributed by atoms with Crippen LogP contribution in [0.25, 0.3) is 0 Å². The van der Waals surface area contributed by atoms with Crippen LogP contribution >= 0.6 is 34.8 Å². The molecule has 2 amide bonds. The number of nitrogens with zero attached hydrogens (tertiary/aromatic N) is 2. The minimum Gasteiger partial charge on any atom is -0.495 e. The van der Waals surface area contributed by atoms with Crippen LogP contribution in [-0.2, 0) is 26.2 Å². The number of hydrogen-bond acceptors (Lipinski definition) is 5. The monoisotopic (exact) mass is 639 g/mol. The number of anilines is 1. The highest BCUT2D eigenvalue weighted by Crippen LogP contribution is 2.35. The van der Waals surface area contributed by atoms with Crippen LogP contribution in [0, 0.1) is 6.92 Å². The third-order valence-electron chi connectivity index (χ3n) is 6.37. The highest BCUT2D eigenvalue weighted by Gasteiger charge is 2.34. The number of carbonyl (C=O) groups is 2. The summed E-state index contributed by atoms with van der Waals surface area (Å²) in [6.07, 6.45) is 0.701. The Morgan fingerprint density at radius 3 is 2.22 bits per heavy atom. The van der Waals surface area contributed by atoms with Crippen molar-refractivity contribution in [1.29, 1.82) is 0 Å². The second-order valence-corrected chi connectivity index (χ2v) is 12.5. The summed E-state index contributed by atoms with van der Waals surface area (Å²) in [5.41, 5.74) is 1.47. The second-order valence-electron chi connectivity index (χ2n) is 9.37. The molecule has 0 radical (unpaired) electrons. The summed E-state index contributed by atoms with van der Waals surface area (Å²) in [5, 5.41) is 3.75. The molecule has 0 saturated heterocycles. The van der Waals surface area contributed by atoms with E-state index >= 15 is 0 Å². The lowest BCUT2D eigenvalue weighted by molar-refractivity contribution is -0.139. The molecule has 12 heteroatoms. The summed E-state index contributed by atoms with van der Waals surface area (Å²) in [4.78, 5) is 28.3. The Labute approximate surface area is 256 Å². The van der Waals surface area contributed by atoms with E-state index in [1.54, 1.807) is 37.3 Å². The number of halogens is 3. The molecule has 0 fully saturated rings. The van der Waals surface area contributed by atoms with Crippen molar-refractivity contribution in [3.8, 4) is 5.75 Å². The minimum absolute atomic E-state index is 0.0287. The Hall–Kier alpha value is -2.98. The zero-order chi connectivity index (χ0) is 30.3. The summed E-state index contributed by atoms with van der Waals surface area (Å²) >= 11 is 18.7. The van der Waals surface area contributed by atoms with Crippen LogP contribution in [0.2, 0.25) is 15.1 Å². The largest absolute Gasteiger partial charge is 0.495 e. The molecule has 3 aromatic carbocycles. The standard InChI is InChI=1S/C29H32Cl3N3O5S/c1-5-14-33-29(37)20(3)34(17-21-8-9-22(30)15-25(21)32)28(36)18-35(26-16-23(31)10-13-27(26)40-4)41(38,39)24-11-6-19(2)7-12-24/h6-13,15-16,20H,5,14,17-18H2,1-4H3,(H,33,37). The lowest BCUT2D eigenvalue weighted by Gasteiger charge is -2.32. The quantitative estimate of drug-likeness (QED) is 0.258. The second kappa shape index (κ2) is 14.3. The van der Waals surface area contributed by atoms with Gasteiger partial charge in [-0.05, 0) is 68.3 Å². The molecule has 0 heterocycles. The number of amides is 2. The zero-order valence-corrected chi connectivity index (χ0v) is 26.2. The van der Waals surface area contributed by atoms with Gasteiger partial charge in [-0.25, -0.2) is 8.42 Å². The van der Waals surface area contributed by atoms with E-state index in [4.69, 9.17) is 39.5 Å². The number of hydrogen-bond donors (Lipinski definition) is 1. The first kappa shape index (κ1) is 32.5. The van der Waals surface area contributed by atoms with E-state index in [0.717, 1.165) is 9.87 Å². The number of benzene rings is 3. The lowest BCUT2D eigenvalue weighted by atomic mass is 10.1. The van der Waals surface area contributed by atoms with E-state index in [9.17, 15) is 18.0 Å². The molecule has 0 aliphatic heterocycles. The maximum atomic E-state index is 14.0. The zero-order valence-electron chi connectivity index (χ0n) is 23.2. The highest BCUT2D eigenvalue weighted by molar-refractivity contribution is 7.92. The van der Waals surface area contributed by atoms with Crippen molar-refractivity contribution in [3.63, 3.8) is 0 Å². The van der Waals surface area contributed by atoms with Gasteiger partial charge in [0.25, 0.3) is 10.0 Å². The first-order valence-electron chi connectivity index (χ1n) is 12.8. The Bertz CT molecular complexity index is 1500. The summed E-state index contributed by atoms with van der Waals surface area (Å²) in [5.74, 6) is -0.842. The third-order valence-corrected chi connectivity index (χ3v) is 8.97. The normalized spacial score (nSPS) is 12.0. The van der Waals surface area contributed by atoms with Crippen LogP contribution in [0.3, 0.4) is 0 Å². The summed E-state index contributed by atoms with van der Waals surface area (Å²) in [7, 11) is -2.90. The number of methoxy groups -OCH3 is 1. The van der Waals surface area contributed by atoms with Gasteiger partial charge in [0.1, 0.15) is 18.3 Å². The molecule has 8 nitrogen and oxygen atoms in total. The maximum absolute atomic E-state index is 14.0. The van der Waals surface area contributed by atoms with Crippen LogP contribution in [0.5, 0.6) is 5.75 Å². The average molecular weight is 641 g/mol. The molecule has 1 unspecified atom stereocenters. The van der Waals surface area contributed by atoms with Gasteiger partial charge in [-0.2, -0.15) is 0 Å². The van der Waals surface area contributed by atoms with Crippen LogP contribution in [0.1, 0.15) is 31.4 Å². The van der Waals surface area contributed by atoms with E-state index in [-0.39, 0.29) is 27.9 Å². The fourth-order valence-corrected chi connectivity index (χ4v) is 6.07. The Morgan fingerprint density at radius 2 is 1.61 bits per heavy atom. The van der Waals surface area contributed by atoms with Gasteiger partial charge in [-0.15, -0.1) is 0 Å². The predicted octanol–water partition coefficient (Wildman–Crippen LogP) is 6.10. The van der Waals surface area contributed by atoms with Crippen LogP contribution in [0.15, 0.2) is 65.6 Å². The maximum Gasteiger partial charge on any atom is 0.264 e. The molecule has 0 saturated carbocycles. The van der Waals surface area contributed by atoms with Gasteiger partial charge in [-0.3, -0.25) is 13.9 Å². The first-order valence-corrected chi connectivity index (χ1v) is 15.4. The average Bonchev–Trinajstić information content (AvgIpc) is 2.93. The molecule has 0 aliphatic rings. The predicted molar refractivity (Wildman–Crippen MR) is 163 cm³/mol. The molecule has 1 N–H and O–H groups in total. The van der Waals surface area contributed by atoms with Gasteiger partial charge < -0.3 is 15.0 Å². The summed E-state index contributed by atoms with van der Waals surface area (Å²) in [6, 6.07) is 14.6. The number of rotatable bonds is 12. The fourth-order valence-electron chi connectivity index (χ4n) is 4.02. The van der Waals surface area contributed by atoms with E-state index in [2.05, 4.69) is 5.32 Å². The van der Waals surface area contributed by atoms with Crippen molar-refractivity contribution in [1.82, 2.24) is 10.2 Å². The van der Waals surface area contributed by atoms with Crippen molar-refractivity contribution in [2.24, 2.45) is 0 Å². The van der Waals surface area contributed by atoms with E-state index in [1.165, 1.54) is 42.3 Å². The Balaban J connectivity index is 2.11. The minimum atomic E-state index is -4.29. The van der Waals surface area contributed by atoms with Crippen LogP contribution in [0.4, 0.5) is 5.69 Å². The van der Waals surface area contributed by atoms with Gasteiger partial charge in [0.2, 0.25) is 11.8 Å². The van der Waals surface area contributed by atoms with E-state index in [1.807, 2.05) is 13.8 Å². The van der Waals surface area contributed by atoms with E-state index < -0.39 is 34.4 Å². The summed E-state index contributed by atoms with van der Waals surface area (Å²) in [6.45, 7) is 5.02. The molecule has 1 atom stereocenters. The van der Waals surface area contributed by atoms with Crippen molar-refractivity contribution < 1.29 is 22.7 Å². The molecule has 0 aromatic heterocycles. The van der Waals surface area contributed by atoms with Gasteiger partial charge in [-0.1, -0.05) is 65.5 Å². The topological polar surface area (TPSA) is 96.0 Å². The molecule has 0 aliphatic carbocycles. The number of nitrogens with one attached hydrogen (secondary N) is 1. The highest BCUT2D eigenvalue weighted by atomic mass is 35.5. The van der Waals surface area contributed by atoms with Gasteiger partial charge in [0, 0.05) is 28.2 Å². The molecule has 41 heavy (non-hydrogen) atoms. The van der Waals surface area contributed by atoms with Crippen molar-refractivity contribution in [2.75, 3.05) is 24.5 Å². The molecular weight excluding hydrogens is 609 g/mol. The Kier molecular flexibility index (Phi) is 11.3. The van der Waals surface area contributed by atoms with Crippen LogP contribution in [-0.4, -0.2) is 51.4 Å².